The first-order valence-electron chi connectivity index (χ1n) is 13.2. The number of rotatable bonds is 10. The normalized spacial score (nSPS) is 18.3. The summed E-state index contributed by atoms with van der Waals surface area (Å²) in [7, 11) is -3.71. The number of carbonyl (C=O) groups excluding carboxylic acids is 1. The maximum Gasteiger partial charge on any atom is 0.228 e. The number of hydrogen-bond acceptors (Lipinski definition) is 5. The molecule has 1 saturated heterocycles. The third kappa shape index (κ3) is 6.30. The molecule has 0 spiro atoms. The number of nitrogens with zero attached hydrogens (tertiary/aromatic N) is 3. The van der Waals surface area contributed by atoms with E-state index in [1.807, 2.05) is 65.6 Å². The molecule has 1 saturated carbocycles. The van der Waals surface area contributed by atoms with E-state index in [2.05, 4.69) is 4.98 Å². The van der Waals surface area contributed by atoms with Crippen molar-refractivity contribution in [2.45, 2.75) is 68.6 Å². The van der Waals surface area contributed by atoms with Crippen LogP contribution in [0.2, 0.25) is 0 Å². The van der Waals surface area contributed by atoms with Gasteiger partial charge in [0.25, 0.3) is 0 Å². The van der Waals surface area contributed by atoms with Crippen LogP contribution in [-0.2, 0) is 38.2 Å². The molecule has 1 aliphatic carbocycles. The molecule has 1 aliphatic heterocycles. The average molecular weight is 522 g/mol. The number of carbonyl (C=O) groups is 1. The smallest absolute Gasteiger partial charge is 0.228 e. The molecular formula is C29H35N3O4S. The number of imidazole rings is 1. The van der Waals surface area contributed by atoms with Crippen molar-refractivity contribution in [1.82, 2.24) is 14.5 Å². The van der Waals surface area contributed by atoms with Gasteiger partial charge in [-0.25, -0.2) is 13.4 Å². The molecule has 2 heterocycles. The molecule has 7 nitrogen and oxygen atoms in total. The third-order valence-electron chi connectivity index (χ3n) is 7.38. The van der Waals surface area contributed by atoms with E-state index in [1.165, 1.54) is 0 Å². The predicted molar refractivity (Wildman–Crippen MR) is 141 cm³/mol. The average Bonchev–Trinajstić information content (AvgIpc) is 3.68. The molecule has 0 radical (unpaired) electrons. The van der Waals surface area contributed by atoms with Gasteiger partial charge in [0.05, 0.1) is 36.8 Å². The van der Waals surface area contributed by atoms with Gasteiger partial charge in [0.2, 0.25) is 20.9 Å². The SMILES string of the molecule is O=C(C1CCCC1)N(Cc1cnc(S(=O)(=O)Cc2ccccc2)n1Cc1ccccc1)C[C@@H]1CCCO1. The fourth-order valence-corrected chi connectivity index (χ4v) is 6.94. The van der Waals surface area contributed by atoms with Crippen molar-refractivity contribution in [1.29, 1.82) is 0 Å². The molecule has 196 valence electrons. The quantitative estimate of drug-likeness (QED) is 0.389. The van der Waals surface area contributed by atoms with Gasteiger partial charge in [-0.15, -0.1) is 0 Å². The van der Waals surface area contributed by atoms with Gasteiger partial charge in [-0.3, -0.25) is 4.79 Å². The first-order chi connectivity index (χ1) is 18.0. The van der Waals surface area contributed by atoms with Crippen molar-refractivity contribution in [3.8, 4) is 0 Å². The first kappa shape index (κ1) is 25.7. The van der Waals surface area contributed by atoms with E-state index in [0.717, 1.165) is 62.0 Å². The summed E-state index contributed by atoms with van der Waals surface area (Å²) >= 11 is 0. The van der Waals surface area contributed by atoms with Gasteiger partial charge >= 0.3 is 0 Å². The molecule has 0 bridgehead atoms. The lowest BCUT2D eigenvalue weighted by Gasteiger charge is -2.28. The van der Waals surface area contributed by atoms with E-state index >= 15 is 0 Å². The largest absolute Gasteiger partial charge is 0.376 e. The zero-order valence-corrected chi connectivity index (χ0v) is 22.0. The monoisotopic (exact) mass is 521 g/mol. The van der Waals surface area contributed by atoms with Crippen LogP contribution in [0.1, 0.15) is 55.3 Å². The summed E-state index contributed by atoms with van der Waals surface area (Å²) in [5.41, 5.74) is 2.42. The summed E-state index contributed by atoms with van der Waals surface area (Å²) in [5.74, 6) is 0.0574. The summed E-state index contributed by atoms with van der Waals surface area (Å²) in [6.07, 6.45) is 7.60. The lowest BCUT2D eigenvalue weighted by molar-refractivity contribution is -0.137. The van der Waals surface area contributed by atoms with E-state index in [9.17, 15) is 13.2 Å². The van der Waals surface area contributed by atoms with Crippen LogP contribution in [0.5, 0.6) is 0 Å². The first-order valence-corrected chi connectivity index (χ1v) is 14.9. The van der Waals surface area contributed by atoms with Crippen molar-refractivity contribution < 1.29 is 17.9 Å². The lowest BCUT2D eigenvalue weighted by atomic mass is 10.1. The van der Waals surface area contributed by atoms with E-state index in [0.29, 0.717) is 19.6 Å². The van der Waals surface area contributed by atoms with Crippen LogP contribution < -0.4 is 0 Å². The molecule has 2 fully saturated rings. The number of sulfone groups is 1. The molecule has 0 N–H and O–H groups in total. The number of amides is 1. The second-order valence-corrected chi connectivity index (χ2v) is 12.1. The van der Waals surface area contributed by atoms with Crippen LogP contribution in [-0.4, -0.2) is 48.0 Å². The number of ether oxygens (including phenoxy) is 1. The molecule has 1 amide bonds. The molecule has 3 aromatic rings. The van der Waals surface area contributed by atoms with E-state index in [-0.39, 0.29) is 28.8 Å². The highest BCUT2D eigenvalue weighted by molar-refractivity contribution is 7.90. The Hall–Kier alpha value is -2.97. The Morgan fingerprint density at radius 2 is 1.62 bits per heavy atom. The minimum atomic E-state index is -3.71. The van der Waals surface area contributed by atoms with Crippen molar-refractivity contribution in [2.75, 3.05) is 13.2 Å². The highest BCUT2D eigenvalue weighted by Crippen LogP contribution is 2.29. The molecule has 8 heteroatoms. The second-order valence-electron chi connectivity index (χ2n) is 10.2. The summed E-state index contributed by atoms with van der Waals surface area (Å²) < 4.78 is 34.7. The zero-order valence-electron chi connectivity index (χ0n) is 21.2. The highest BCUT2D eigenvalue weighted by atomic mass is 32.2. The Kier molecular flexibility index (Phi) is 8.05. The fraction of sp³-hybridized carbons (Fsp3) is 0.448. The van der Waals surface area contributed by atoms with Gasteiger partial charge in [0.15, 0.2) is 0 Å². The Morgan fingerprint density at radius 3 is 2.27 bits per heavy atom. The summed E-state index contributed by atoms with van der Waals surface area (Å²) in [6.45, 7) is 1.93. The Balaban J connectivity index is 1.47. The standard InChI is InChI=1S/C29H35N3O4S/c33-28(25-14-7-8-15-25)31(21-27-16-9-17-36-27)20-26-18-30-29(32(26)19-23-10-3-1-4-11-23)37(34,35)22-24-12-5-2-6-13-24/h1-6,10-13,18,25,27H,7-9,14-17,19-22H2/t27-/m0/s1. The van der Waals surface area contributed by atoms with E-state index in [1.54, 1.807) is 10.8 Å². The van der Waals surface area contributed by atoms with Crippen LogP contribution in [0, 0.1) is 5.92 Å². The Morgan fingerprint density at radius 1 is 0.946 bits per heavy atom. The van der Waals surface area contributed by atoms with E-state index in [4.69, 9.17) is 4.74 Å². The topological polar surface area (TPSA) is 81.5 Å². The fourth-order valence-electron chi connectivity index (χ4n) is 5.45. The maximum atomic E-state index is 13.6. The van der Waals surface area contributed by atoms with Crippen molar-refractivity contribution in [3.63, 3.8) is 0 Å². The van der Waals surface area contributed by atoms with Gasteiger partial charge in [-0.2, -0.15) is 0 Å². The number of aromatic nitrogens is 2. The molecule has 2 aliphatic rings. The van der Waals surface area contributed by atoms with Crippen LogP contribution >= 0.6 is 0 Å². The van der Waals surface area contributed by atoms with E-state index < -0.39 is 9.84 Å². The molecule has 2 aromatic carbocycles. The molecule has 5 rings (SSSR count). The van der Waals surface area contributed by atoms with Crippen molar-refractivity contribution >= 4 is 15.7 Å². The summed E-state index contributed by atoms with van der Waals surface area (Å²) in [5, 5.41) is 0.0422. The van der Waals surface area contributed by atoms with Crippen LogP contribution in [0.3, 0.4) is 0 Å². The molecule has 0 unspecified atom stereocenters. The van der Waals surface area contributed by atoms with Gasteiger partial charge in [0.1, 0.15) is 0 Å². The van der Waals surface area contributed by atoms with Crippen LogP contribution in [0.15, 0.2) is 72.0 Å². The van der Waals surface area contributed by atoms with Crippen LogP contribution in [0.4, 0.5) is 0 Å². The summed E-state index contributed by atoms with van der Waals surface area (Å²) in [6, 6.07) is 18.9. The number of benzene rings is 2. The minimum Gasteiger partial charge on any atom is -0.376 e. The summed E-state index contributed by atoms with van der Waals surface area (Å²) in [4.78, 5) is 19.9. The number of hydrogen-bond donors (Lipinski definition) is 0. The van der Waals surface area contributed by atoms with Crippen molar-refractivity contribution in [2.24, 2.45) is 5.92 Å². The van der Waals surface area contributed by atoms with Gasteiger partial charge in [0, 0.05) is 19.1 Å². The Bertz CT molecular complexity index is 1280. The zero-order chi connectivity index (χ0) is 25.7. The minimum absolute atomic E-state index is 0.0251. The van der Waals surface area contributed by atoms with Gasteiger partial charge in [-0.05, 0) is 36.8 Å². The highest BCUT2D eigenvalue weighted by Gasteiger charge is 2.32. The molecular weight excluding hydrogens is 486 g/mol. The molecule has 1 atom stereocenters. The van der Waals surface area contributed by atoms with Crippen LogP contribution in [0.25, 0.3) is 0 Å². The molecule has 1 aromatic heterocycles. The maximum absolute atomic E-state index is 13.6. The Labute approximate surface area is 219 Å². The van der Waals surface area contributed by atoms with Gasteiger partial charge in [-0.1, -0.05) is 73.5 Å². The lowest BCUT2D eigenvalue weighted by Crippen LogP contribution is -2.40. The third-order valence-corrected chi connectivity index (χ3v) is 8.98. The van der Waals surface area contributed by atoms with Crippen molar-refractivity contribution in [3.05, 3.63) is 83.7 Å². The second kappa shape index (κ2) is 11.6. The van der Waals surface area contributed by atoms with Gasteiger partial charge < -0.3 is 14.2 Å². The predicted octanol–water partition coefficient (Wildman–Crippen LogP) is 4.60. The molecule has 37 heavy (non-hydrogen) atoms.